The third-order valence-electron chi connectivity index (χ3n) is 2.15. The van der Waals surface area contributed by atoms with Crippen molar-refractivity contribution in [2.24, 2.45) is 0 Å². The van der Waals surface area contributed by atoms with E-state index in [1.54, 1.807) is 12.1 Å². The minimum atomic E-state index is -1.06. The van der Waals surface area contributed by atoms with Crippen LogP contribution in [0.1, 0.15) is 17.3 Å². The molecule has 0 aliphatic heterocycles. The number of carboxylic acid groups (broad SMARTS) is 1. The van der Waals surface area contributed by atoms with Gasteiger partial charge < -0.3 is 21.5 Å². The number of nitrogens with two attached hydrogens (primary N) is 1. The average molecular weight is 237 g/mol. The smallest absolute Gasteiger partial charge is 0.337 e. The summed E-state index contributed by atoms with van der Waals surface area (Å²) in [5.41, 5.74) is 6.51. The fraction of sp³-hybridized carbons (Fsp3) is 0.273. The molecule has 0 heterocycles. The fourth-order valence-electron chi connectivity index (χ4n) is 1.34. The Morgan fingerprint density at radius 3 is 2.65 bits per heavy atom. The van der Waals surface area contributed by atoms with Gasteiger partial charge in [0.1, 0.15) is 0 Å². The fourth-order valence-corrected chi connectivity index (χ4v) is 1.34. The van der Waals surface area contributed by atoms with Gasteiger partial charge >= 0.3 is 5.97 Å². The Bertz CT molecular complexity index is 432. The lowest BCUT2D eigenvalue weighted by atomic mass is 10.1. The van der Waals surface area contributed by atoms with Crippen LogP contribution in [0.2, 0.25) is 0 Å². The van der Waals surface area contributed by atoms with Crippen molar-refractivity contribution in [2.75, 3.05) is 24.1 Å². The van der Waals surface area contributed by atoms with Gasteiger partial charge in [0.15, 0.2) is 0 Å². The van der Waals surface area contributed by atoms with Gasteiger partial charge in [0.05, 0.1) is 16.9 Å². The van der Waals surface area contributed by atoms with Gasteiger partial charge in [-0.15, -0.1) is 0 Å². The number of rotatable bonds is 5. The topological polar surface area (TPSA) is 104 Å². The monoisotopic (exact) mass is 237 g/mol. The van der Waals surface area contributed by atoms with Gasteiger partial charge in [-0.3, -0.25) is 4.79 Å². The lowest BCUT2D eigenvalue weighted by Gasteiger charge is -2.11. The van der Waals surface area contributed by atoms with E-state index in [9.17, 15) is 9.59 Å². The van der Waals surface area contributed by atoms with Gasteiger partial charge in [-0.2, -0.15) is 0 Å². The first kappa shape index (κ1) is 12.8. The molecular weight excluding hydrogens is 222 g/mol. The maximum absolute atomic E-state index is 10.8. The van der Waals surface area contributed by atoms with Crippen LogP contribution in [-0.2, 0) is 4.79 Å². The van der Waals surface area contributed by atoms with Crippen LogP contribution in [-0.4, -0.2) is 30.1 Å². The predicted octanol–water partition coefficient (Wildman–Crippen LogP) is 0.515. The molecule has 5 N–H and O–H groups in total. The zero-order chi connectivity index (χ0) is 12.8. The highest BCUT2D eigenvalue weighted by molar-refractivity contribution is 5.97. The zero-order valence-corrected chi connectivity index (χ0v) is 9.49. The predicted molar refractivity (Wildman–Crippen MR) is 65.0 cm³/mol. The van der Waals surface area contributed by atoms with Gasteiger partial charge in [0.2, 0.25) is 5.91 Å². The van der Waals surface area contributed by atoms with Crippen molar-refractivity contribution >= 4 is 23.3 Å². The summed E-state index contributed by atoms with van der Waals surface area (Å²) in [6, 6.07) is 4.74. The van der Waals surface area contributed by atoms with E-state index in [-0.39, 0.29) is 17.2 Å². The van der Waals surface area contributed by atoms with Crippen LogP contribution in [0.25, 0.3) is 0 Å². The minimum absolute atomic E-state index is 0.0644. The minimum Gasteiger partial charge on any atom is -0.478 e. The molecule has 0 saturated carbocycles. The van der Waals surface area contributed by atoms with Crippen molar-refractivity contribution in [3.63, 3.8) is 0 Å². The van der Waals surface area contributed by atoms with Gasteiger partial charge in [0, 0.05) is 20.0 Å². The number of hydrogen-bond acceptors (Lipinski definition) is 4. The van der Waals surface area contributed by atoms with Gasteiger partial charge in [-0.1, -0.05) is 6.07 Å². The number of para-hydroxylation sites is 1. The average Bonchev–Trinajstić information content (AvgIpc) is 2.25. The Kier molecular flexibility index (Phi) is 4.33. The highest BCUT2D eigenvalue weighted by Crippen LogP contribution is 2.22. The summed E-state index contributed by atoms with van der Waals surface area (Å²) in [7, 11) is 0. The van der Waals surface area contributed by atoms with E-state index in [4.69, 9.17) is 10.8 Å². The molecule has 1 amide bonds. The highest BCUT2D eigenvalue weighted by atomic mass is 16.4. The van der Waals surface area contributed by atoms with E-state index in [0.29, 0.717) is 18.8 Å². The Labute approximate surface area is 98.8 Å². The lowest BCUT2D eigenvalue weighted by molar-refractivity contribution is -0.118. The van der Waals surface area contributed by atoms with E-state index in [2.05, 4.69) is 10.6 Å². The second-order valence-electron chi connectivity index (χ2n) is 3.48. The summed E-state index contributed by atoms with van der Waals surface area (Å²) >= 11 is 0. The normalized spacial score (nSPS) is 9.71. The highest BCUT2D eigenvalue weighted by Gasteiger charge is 2.10. The zero-order valence-electron chi connectivity index (χ0n) is 9.49. The first-order valence-corrected chi connectivity index (χ1v) is 5.12. The molecular formula is C11H15N3O3. The van der Waals surface area contributed by atoms with E-state index < -0.39 is 5.97 Å². The first-order valence-electron chi connectivity index (χ1n) is 5.12. The molecule has 0 aliphatic rings. The summed E-state index contributed by atoms with van der Waals surface area (Å²) in [6.07, 6.45) is 0. The molecule has 1 aromatic carbocycles. The van der Waals surface area contributed by atoms with E-state index >= 15 is 0 Å². The standard InChI is InChI=1S/C11H15N3O3/c1-7(15)13-5-6-14-9-4-2-3-8(10(9)12)11(16)17/h2-4,14H,5-6,12H2,1H3,(H,13,15)(H,16,17). The van der Waals surface area contributed by atoms with Crippen LogP contribution >= 0.6 is 0 Å². The van der Waals surface area contributed by atoms with Crippen molar-refractivity contribution in [3.8, 4) is 0 Å². The van der Waals surface area contributed by atoms with Gasteiger partial charge in [-0.05, 0) is 12.1 Å². The maximum atomic E-state index is 10.8. The third-order valence-corrected chi connectivity index (χ3v) is 2.15. The molecule has 0 aromatic heterocycles. The van der Waals surface area contributed by atoms with Crippen LogP contribution in [0.15, 0.2) is 18.2 Å². The van der Waals surface area contributed by atoms with Crippen molar-refractivity contribution in [1.82, 2.24) is 5.32 Å². The molecule has 92 valence electrons. The molecule has 0 spiro atoms. The van der Waals surface area contributed by atoms with Crippen molar-refractivity contribution in [1.29, 1.82) is 0 Å². The molecule has 1 aromatic rings. The van der Waals surface area contributed by atoms with Crippen molar-refractivity contribution in [2.45, 2.75) is 6.92 Å². The number of carbonyl (C=O) groups excluding carboxylic acids is 1. The Morgan fingerprint density at radius 1 is 1.35 bits per heavy atom. The largest absolute Gasteiger partial charge is 0.478 e. The maximum Gasteiger partial charge on any atom is 0.337 e. The molecule has 0 fully saturated rings. The van der Waals surface area contributed by atoms with E-state index in [0.717, 1.165) is 0 Å². The molecule has 0 unspecified atom stereocenters. The molecule has 6 nitrogen and oxygen atoms in total. The summed E-state index contributed by atoms with van der Waals surface area (Å²) in [6.45, 7) is 2.36. The van der Waals surface area contributed by atoms with Crippen LogP contribution in [0.4, 0.5) is 11.4 Å². The molecule has 6 heteroatoms. The molecule has 0 radical (unpaired) electrons. The van der Waals surface area contributed by atoms with Crippen LogP contribution in [0, 0.1) is 0 Å². The van der Waals surface area contributed by atoms with Crippen LogP contribution in [0.3, 0.4) is 0 Å². The Hall–Kier alpha value is -2.24. The van der Waals surface area contributed by atoms with Gasteiger partial charge in [0.25, 0.3) is 0 Å². The van der Waals surface area contributed by atoms with E-state index in [1.807, 2.05) is 0 Å². The van der Waals surface area contributed by atoms with Gasteiger partial charge in [-0.25, -0.2) is 4.79 Å². The molecule has 0 atom stereocenters. The number of nitrogens with one attached hydrogen (secondary N) is 2. The molecule has 1 rings (SSSR count). The van der Waals surface area contributed by atoms with Crippen molar-refractivity contribution < 1.29 is 14.7 Å². The summed E-state index contributed by atoms with van der Waals surface area (Å²) in [5.74, 6) is -1.17. The molecule has 0 saturated heterocycles. The van der Waals surface area contributed by atoms with E-state index in [1.165, 1.54) is 13.0 Å². The molecule has 17 heavy (non-hydrogen) atoms. The number of hydrogen-bond donors (Lipinski definition) is 4. The number of amides is 1. The number of benzene rings is 1. The lowest BCUT2D eigenvalue weighted by Crippen LogP contribution is -2.26. The second kappa shape index (κ2) is 5.74. The number of aromatic carboxylic acids is 1. The second-order valence-corrected chi connectivity index (χ2v) is 3.48. The molecule has 0 aliphatic carbocycles. The number of carbonyl (C=O) groups is 2. The van der Waals surface area contributed by atoms with Crippen LogP contribution < -0.4 is 16.4 Å². The SMILES string of the molecule is CC(=O)NCCNc1cccc(C(=O)O)c1N. The third kappa shape index (κ3) is 3.67. The molecule has 0 bridgehead atoms. The van der Waals surface area contributed by atoms with Crippen LogP contribution in [0.5, 0.6) is 0 Å². The quantitative estimate of drug-likeness (QED) is 0.441. The number of carboxylic acids is 1. The Morgan fingerprint density at radius 2 is 2.06 bits per heavy atom. The Balaban J connectivity index is 2.62. The summed E-state index contributed by atoms with van der Waals surface area (Å²) < 4.78 is 0. The number of anilines is 2. The first-order chi connectivity index (χ1) is 8.02. The summed E-state index contributed by atoms with van der Waals surface area (Å²) in [5, 5.41) is 14.4. The number of nitrogen functional groups attached to an aromatic ring is 1. The summed E-state index contributed by atoms with van der Waals surface area (Å²) in [4.78, 5) is 21.5. The van der Waals surface area contributed by atoms with Crippen molar-refractivity contribution in [3.05, 3.63) is 23.8 Å².